The Hall–Kier alpha value is -6.74. The molecular weight excluding hydrogens is 725 g/mol. The van der Waals surface area contributed by atoms with E-state index < -0.39 is 35.8 Å². The van der Waals surface area contributed by atoms with Gasteiger partial charge >= 0.3 is 5.97 Å². The summed E-state index contributed by atoms with van der Waals surface area (Å²) < 4.78 is 5.80. The summed E-state index contributed by atoms with van der Waals surface area (Å²) in [7, 11) is 0. The highest BCUT2D eigenvalue weighted by Gasteiger charge is 2.33. The molecule has 58 heavy (non-hydrogen) atoms. The number of fused-ring (bicyclic) bond motifs is 3. The maximum absolute atomic E-state index is 15.1. The topological polar surface area (TPSA) is 135 Å². The van der Waals surface area contributed by atoms with E-state index in [0.717, 1.165) is 49.1 Å². The number of hydrogen-bond donors (Lipinski definition) is 3. The number of ether oxygens (including phenoxy) is 1. The van der Waals surface area contributed by atoms with Gasteiger partial charge in [-0.05, 0) is 76.9 Å². The molecule has 7 rings (SSSR count). The third kappa shape index (κ3) is 9.44. The van der Waals surface area contributed by atoms with Gasteiger partial charge in [-0.3, -0.25) is 14.4 Å². The molecule has 0 fully saturated rings. The molecule has 0 bridgehead atoms. The zero-order valence-electron chi connectivity index (χ0n) is 32.6. The number of nitrogens with zero attached hydrogens (tertiary/aromatic N) is 1. The zero-order chi connectivity index (χ0) is 40.4. The molecule has 0 aliphatic heterocycles. The Morgan fingerprint density at radius 1 is 0.707 bits per heavy atom. The van der Waals surface area contributed by atoms with Crippen molar-refractivity contribution < 1.29 is 23.9 Å². The number of carbonyl (C=O) groups excluding carboxylic acids is 4. The highest BCUT2D eigenvalue weighted by Crippen LogP contribution is 2.28. The third-order valence-electron chi connectivity index (χ3n) is 10.9. The number of benzene rings is 6. The number of nitrogens with two attached hydrogens (primary N) is 1. The van der Waals surface area contributed by atoms with E-state index in [-0.39, 0.29) is 31.8 Å². The molecule has 0 radical (unpaired) electrons. The predicted octanol–water partition coefficient (Wildman–Crippen LogP) is 8.29. The van der Waals surface area contributed by atoms with Crippen molar-refractivity contribution in [3.63, 3.8) is 0 Å². The van der Waals surface area contributed by atoms with Crippen molar-refractivity contribution >= 4 is 56.1 Å². The molecule has 294 valence electrons. The van der Waals surface area contributed by atoms with Gasteiger partial charge in [0.15, 0.2) is 0 Å². The number of carbonyl (C=O) groups is 4. The number of hydrogen-bond acceptors (Lipinski definition) is 5. The van der Waals surface area contributed by atoms with E-state index in [1.54, 1.807) is 11.1 Å². The van der Waals surface area contributed by atoms with E-state index in [0.29, 0.717) is 24.9 Å². The number of primary amides is 1. The molecule has 9 nitrogen and oxygen atoms in total. The van der Waals surface area contributed by atoms with Crippen LogP contribution in [0.15, 0.2) is 146 Å². The maximum Gasteiger partial charge on any atom is 0.328 e. The summed E-state index contributed by atoms with van der Waals surface area (Å²) in [6.45, 7) is 2.29. The monoisotopic (exact) mass is 772 g/mol. The standard InChI is InChI=1S/C49H48N4O5/c1-2-53(40(30-46(50)54)28-34-23-24-35-15-6-7-17-37(35)27-34)48(56)39(29-38-19-12-18-36-16-8-9-20-41(36)38)25-26-45(49(57)58-32-33-13-4-3-5-14-33)52-47(55)43-31-51-44-22-11-10-21-42(43)44/h3-24,27,31,39-40,45,51H,2,25-26,28-30,32H2,1H3,(H2,50,54)(H,52,55). The van der Waals surface area contributed by atoms with Crippen molar-refractivity contribution in [1.29, 1.82) is 0 Å². The normalized spacial score (nSPS) is 12.8. The minimum atomic E-state index is -1.05. The smallest absolute Gasteiger partial charge is 0.328 e. The first kappa shape index (κ1) is 39.5. The fraction of sp³-hybridized carbons (Fsp3) is 0.224. The number of likely N-dealkylation sites (N-methyl/N-ethyl adjacent to an activating group) is 1. The van der Waals surface area contributed by atoms with Crippen molar-refractivity contribution in [1.82, 2.24) is 15.2 Å². The lowest BCUT2D eigenvalue weighted by molar-refractivity contribution is -0.148. The highest BCUT2D eigenvalue weighted by atomic mass is 16.5. The molecule has 0 aliphatic rings. The Bertz CT molecular complexity index is 2540. The molecule has 6 aromatic carbocycles. The van der Waals surface area contributed by atoms with Crippen LogP contribution in [0, 0.1) is 5.92 Å². The molecule has 0 saturated carbocycles. The average Bonchev–Trinajstić information content (AvgIpc) is 3.68. The second-order valence-electron chi connectivity index (χ2n) is 14.8. The second-order valence-corrected chi connectivity index (χ2v) is 14.8. The molecule has 1 aromatic heterocycles. The van der Waals surface area contributed by atoms with Crippen molar-refractivity contribution in [2.75, 3.05) is 6.54 Å². The van der Waals surface area contributed by atoms with Crippen LogP contribution >= 0.6 is 0 Å². The Kier molecular flexibility index (Phi) is 12.6. The number of aromatic amines is 1. The van der Waals surface area contributed by atoms with Gasteiger partial charge in [-0.1, -0.05) is 133 Å². The number of esters is 1. The van der Waals surface area contributed by atoms with E-state index >= 15 is 4.79 Å². The number of nitrogens with one attached hydrogen (secondary N) is 2. The van der Waals surface area contributed by atoms with Crippen LogP contribution in [0.2, 0.25) is 0 Å². The zero-order valence-corrected chi connectivity index (χ0v) is 32.6. The van der Waals surface area contributed by atoms with Gasteiger partial charge in [0.05, 0.1) is 5.56 Å². The maximum atomic E-state index is 15.1. The second kappa shape index (κ2) is 18.5. The van der Waals surface area contributed by atoms with Gasteiger partial charge < -0.3 is 25.7 Å². The van der Waals surface area contributed by atoms with E-state index in [1.807, 2.05) is 134 Å². The van der Waals surface area contributed by atoms with E-state index in [4.69, 9.17) is 10.5 Å². The van der Waals surface area contributed by atoms with E-state index in [1.165, 1.54) is 0 Å². The van der Waals surface area contributed by atoms with Crippen LogP contribution in [0.3, 0.4) is 0 Å². The molecule has 0 spiro atoms. The summed E-state index contributed by atoms with van der Waals surface area (Å²) in [5.74, 6) is -2.29. The Labute approximate surface area is 338 Å². The number of amides is 3. The van der Waals surface area contributed by atoms with Crippen molar-refractivity contribution in [3.05, 3.63) is 168 Å². The molecule has 3 unspecified atom stereocenters. The summed E-state index contributed by atoms with van der Waals surface area (Å²) in [4.78, 5) is 60.3. The van der Waals surface area contributed by atoms with Crippen LogP contribution in [0.4, 0.5) is 0 Å². The van der Waals surface area contributed by atoms with Gasteiger partial charge in [0.2, 0.25) is 11.8 Å². The lowest BCUT2D eigenvalue weighted by Gasteiger charge is -2.34. The van der Waals surface area contributed by atoms with Crippen LogP contribution in [0.1, 0.15) is 53.2 Å². The number of aromatic nitrogens is 1. The fourth-order valence-electron chi connectivity index (χ4n) is 7.98. The first-order valence-corrected chi connectivity index (χ1v) is 19.9. The largest absolute Gasteiger partial charge is 0.459 e. The molecule has 0 saturated heterocycles. The molecule has 4 N–H and O–H groups in total. The third-order valence-corrected chi connectivity index (χ3v) is 10.9. The summed E-state index contributed by atoms with van der Waals surface area (Å²) in [6, 6.07) is 43.6. The minimum absolute atomic E-state index is 0.0114. The molecule has 7 aromatic rings. The summed E-state index contributed by atoms with van der Waals surface area (Å²) in [5, 5.41) is 7.94. The predicted molar refractivity (Wildman–Crippen MR) is 229 cm³/mol. The Balaban J connectivity index is 1.19. The van der Waals surface area contributed by atoms with Crippen LogP contribution in [0.25, 0.3) is 32.4 Å². The van der Waals surface area contributed by atoms with Crippen molar-refractivity contribution in [2.24, 2.45) is 11.7 Å². The van der Waals surface area contributed by atoms with Crippen molar-refractivity contribution in [3.8, 4) is 0 Å². The van der Waals surface area contributed by atoms with Gasteiger partial charge in [-0.15, -0.1) is 0 Å². The van der Waals surface area contributed by atoms with Gasteiger partial charge in [0.25, 0.3) is 5.91 Å². The SMILES string of the molecule is CCN(C(=O)C(CCC(NC(=O)c1c[nH]c2ccccc12)C(=O)OCc1ccccc1)Cc1cccc2ccccc12)C(CC(N)=O)Cc1ccc2ccccc2c1. The molecular formula is C49H48N4O5. The number of H-pyrrole nitrogens is 1. The average molecular weight is 773 g/mol. The van der Waals surface area contributed by atoms with Crippen LogP contribution in [-0.4, -0.2) is 52.2 Å². The summed E-state index contributed by atoms with van der Waals surface area (Å²) >= 11 is 0. The van der Waals surface area contributed by atoms with Gasteiger partial charge in [0, 0.05) is 42.0 Å². The van der Waals surface area contributed by atoms with Crippen LogP contribution in [0.5, 0.6) is 0 Å². The van der Waals surface area contributed by atoms with Crippen molar-refractivity contribution in [2.45, 2.75) is 57.7 Å². The fourth-order valence-corrected chi connectivity index (χ4v) is 7.98. The molecule has 9 heteroatoms. The summed E-state index contributed by atoms with van der Waals surface area (Å²) in [5.41, 5.74) is 9.83. The highest BCUT2D eigenvalue weighted by molar-refractivity contribution is 6.07. The lowest BCUT2D eigenvalue weighted by atomic mass is 9.88. The lowest BCUT2D eigenvalue weighted by Crippen LogP contribution is -2.47. The quantitative estimate of drug-likeness (QED) is 0.0802. The molecule has 1 heterocycles. The first-order valence-electron chi connectivity index (χ1n) is 19.9. The van der Waals surface area contributed by atoms with Gasteiger partial charge in [0.1, 0.15) is 12.6 Å². The Morgan fingerprint density at radius 2 is 1.40 bits per heavy atom. The van der Waals surface area contributed by atoms with E-state index in [9.17, 15) is 14.4 Å². The molecule has 3 amide bonds. The van der Waals surface area contributed by atoms with E-state index in [2.05, 4.69) is 22.4 Å². The van der Waals surface area contributed by atoms with Crippen LogP contribution in [-0.2, 0) is 38.6 Å². The Morgan fingerprint density at radius 3 is 2.17 bits per heavy atom. The minimum Gasteiger partial charge on any atom is -0.459 e. The summed E-state index contributed by atoms with van der Waals surface area (Å²) in [6.07, 6.45) is 2.81. The van der Waals surface area contributed by atoms with Crippen LogP contribution < -0.4 is 11.1 Å². The number of para-hydroxylation sites is 1. The molecule has 3 atom stereocenters. The van der Waals surface area contributed by atoms with Gasteiger partial charge in [-0.25, -0.2) is 4.79 Å². The first-order chi connectivity index (χ1) is 28.3. The molecule has 0 aliphatic carbocycles. The number of rotatable bonds is 17. The van der Waals surface area contributed by atoms with Gasteiger partial charge in [-0.2, -0.15) is 0 Å².